The summed E-state index contributed by atoms with van der Waals surface area (Å²) in [6.07, 6.45) is 1.46. The first-order valence-electron chi connectivity index (χ1n) is 8.67. The van der Waals surface area contributed by atoms with Gasteiger partial charge in [-0.25, -0.2) is 9.49 Å². The van der Waals surface area contributed by atoms with Crippen LogP contribution < -0.4 is 10.0 Å². The number of hydrogen-bond donors (Lipinski definition) is 2. The van der Waals surface area contributed by atoms with Gasteiger partial charge in [-0.3, -0.25) is 0 Å². The number of nitrogens with zero attached hydrogens (tertiary/aromatic N) is 3. The Morgan fingerprint density at radius 3 is 2.56 bits per heavy atom. The number of rotatable bonds is 6. The molecule has 0 radical (unpaired) electrons. The molecule has 0 unspecified atom stereocenters. The summed E-state index contributed by atoms with van der Waals surface area (Å²) in [6.45, 7) is 5.98. The van der Waals surface area contributed by atoms with E-state index in [4.69, 9.17) is 12.2 Å². The fraction of sp³-hybridized carbons (Fsp3) is 0.211. The number of aromatic nitrogens is 3. The highest BCUT2D eigenvalue weighted by Crippen LogP contribution is 2.19. The van der Waals surface area contributed by atoms with Crippen LogP contribution in [0.15, 0.2) is 47.6 Å². The molecule has 0 bridgehead atoms. The number of hydrogen-bond acceptors (Lipinski definition) is 4. The van der Waals surface area contributed by atoms with E-state index in [9.17, 15) is 9.50 Å². The lowest BCUT2D eigenvalue weighted by molar-refractivity contribution is -0.828. The molecule has 8 heteroatoms. The van der Waals surface area contributed by atoms with E-state index in [-0.39, 0.29) is 16.3 Å². The fourth-order valence-corrected chi connectivity index (χ4v) is 3.00. The number of aromatic amines is 1. The van der Waals surface area contributed by atoms with Gasteiger partial charge in [-0.2, -0.15) is 14.9 Å². The highest BCUT2D eigenvalue weighted by Gasteiger charge is 2.09. The third kappa shape index (κ3) is 4.12. The molecule has 0 aliphatic carbocycles. The molecule has 0 saturated heterocycles. The maximum Gasteiger partial charge on any atom is 0.216 e. The molecule has 0 fully saturated rings. The van der Waals surface area contributed by atoms with Gasteiger partial charge in [0.05, 0.1) is 19.3 Å². The molecule has 0 spiro atoms. The molecule has 27 heavy (non-hydrogen) atoms. The van der Waals surface area contributed by atoms with Crippen molar-refractivity contribution in [3.05, 3.63) is 58.6 Å². The highest BCUT2D eigenvalue weighted by molar-refractivity contribution is 7.71. The van der Waals surface area contributed by atoms with Crippen LogP contribution in [-0.4, -0.2) is 34.2 Å². The Labute approximate surface area is 161 Å². The molecule has 6 nitrogen and oxygen atoms in total. The van der Waals surface area contributed by atoms with Crippen LogP contribution in [0.2, 0.25) is 0 Å². The average Bonchev–Trinajstić information content (AvgIpc) is 3.03. The zero-order valence-electron chi connectivity index (χ0n) is 15.1. The number of quaternary nitrogens is 1. The van der Waals surface area contributed by atoms with Gasteiger partial charge >= 0.3 is 0 Å². The van der Waals surface area contributed by atoms with Crippen molar-refractivity contribution in [1.29, 1.82) is 0 Å². The topological polar surface area (TPSA) is 73.5 Å². The van der Waals surface area contributed by atoms with Crippen molar-refractivity contribution < 1.29 is 14.4 Å². The quantitative estimate of drug-likeness (QED) is 0.505. The number of H-pyrrole nitrogens is 1. The summed E-state index contributed by atoms with van der Waals surface area (Å²) >= 11 is 5.21. The van der Waals surface area contributed by atoms with E-state index in [0.29, 0.717) is 17.0 Å². The van der Waals surface area contributed by atoms with Crippen molar-refractivity contribution in [1.82, 2.24) is 14.9 Å². The van der Waals surface area contributed by atoms with E-state index in [0.717, 1.165) is 18.8 Å². The molecule has 2 aromatic carbocycles. The second-order valence-electron chi connectivity index (χ2n) is 5.98. The second-order valence-corrected chi connectivity index (χ2v) is 6.37. The molecule has 0 saturated carbocycles. The SMILES string of the molecule is CC[NH+](CC)c1ccc(C=Nn2c(-c3ccc(F)cc3)n[nH]c2=S)c([O-])c1. The summed E-state index contributed by atoms with van der Waals surface area (Å²) in [5.74, 6) is -0.00347. The van der Waals surface area contributed by atoms with Gasteiger partial charge in [-0.15, -0.1) is 0 Å². The van der Waals surface area contributed by atoms with E-state index < -0.39 is 0 Å². The summed E-state index contributed by atoms with van der Waals surface area (Å²) in [6, 6.07) is 11.2. The van der Waals surface area contributed by atoms with Crippen LogP contribution in [0, 0.1) is 10.6 Å². The monoisotopic (exact) mass is 385 g/mol. The standard InChI is InChI=1S/C19H20FN5OS/c1-3-24(4-2)16-10-7-14(17(26)11-16)12-21-25-18(22-23-19(25)27)13-5-8-15(20)9-6-13/h5-12,26H,3-4H2,1-2H3,(H,23,27). The van der Waals surface area contributed by atoms with Crippen LogP contribution in [0.3, 0.4) is 0 Å². The predicted octanol–water partition coefficient (Wildman–Crippen LogP) is 2.26. The van der Waals surface area contributed by atoms with Crippen molar-refractivity contribution in [2.24, 2.45) is 5.10 Å². The average molecular weight is 385 g/mol. The van der Waals surface area contributed by atoms with Crippen molar-refractivity contribution >= 4 is 24.1 Å². The van der Waals surface area contributed by atoms with E-state index >= 15 is 0 Å². The van der Waals surface area contributed by atoms with Crippen LogP contribution in [0.5, 0.6) is 5.75 Å². The van der Waals surface area contributed by atoms with Gasteiger partial charge in [-0.1, -0.05) is 5.75 Å². The largest absolute Gasteiger partial charge is 0.872 e. The zero-order valence-corrected chi connectivity index (χ0v) is 15.9. The molecule has 140 valence electrons. The third-order valence-electron chi connectivity index (χ3n) is 4.34. The smallest absolute Gasteiger partial charge is 0.216 e. The lowest BCUT2D eigenvalue weighted by atomic mass is 10.2. The molecule has 0 aliphatic rings. The van der Waals surface area contributed by atoms with E-state index in [2.05, 4.69) is 29.1 Å². The molecule has 0 aliphatic heterocycles. The maximum absolute atomic E-state index is 13.1. The Morgan fingerprint density at radius 1 is 1.22 bits per heavy atom. The molecule has 1 heterocycles. The number of halogens is 1. The Hall–Kier alpha value is -2.84. The van der Waals surface area contributed by atoms with Crippen molar-refractivity contribution in [3.63, 3.8) is 0 Å². The second kappa shape index (κ2) is 8.24. The summed E-state index contributed by atoms with van der Waals surface area (Å²) in [5, 5.41) is 23.5. The first-order valence-corrected chi connectivity index (χ1v) is 9.08. The van der Waals surface area contributed by atoms with Gasteiger partial charge in [0, 0.05) is 5.56 Å². The van der Waals surface area contributed by atoms with Gasteiger partial charge in [0.1, 0.15) is 11.5 Å². The minimum absolute atomic E-state index is 0.103. The molecular weight excluding hydrogens is 365 g/mol. The summed E-state index contributed by atoms with van der Waals surface area (Å²) < 4.78 is 14.8. The van der Waals surface area contributed by atoms with Crippen molar-refractivity contribution in [2.45, 2.75) is 13.8 Å². The van der Waals surface area contributed by atoms with Gasteiger partial charge in [-0.05, 0) is 74.1 Å². The maximum atomic E-state index is 13.1. The summed E-state index contributed by atoms with van der Waals surface area (Å²) in [5.41, 5.74) is 2.08. The van der Waals surface area contributed by atoms with E-state index in [1.807, 2.05) is 6.07 Å². The van der Waals surface area contributed by atoms with Crippen LogP contribution in [0.25, 0.3) is 11.4 Å². The van der Waals surface area contributed by atoms with Crippen LogP contribution in [-0.2, 0) is 0 Å². The predicted molar refractivity (Wildman–Crippen MR) is 103 cm³/mol. The van der Waals surface area contributed by atoms with Crippen LogP contribution >= 0.6 is 12.2 Å². The molecule has 1 aromatic heterocycles. The lowest BCUT2D eigenvalue weighted by Gasteiger charge is -2.18. The number of nitrogens with one attached hydrogen (secondary N) is 2. The Kier molecular flexibility index (Phi) is 5.78. The molecule has 3 aromatic rings. The fourth-order valence-electron chi connectivity index (χ4n) is 2.82. The van der Waals surface area contributed by atoms with Gasteiger partial charge in [0.25, 0.3) is 0 Å². The molecular formula is C19H20FN5OS. The molecule has 0 amide bonds. The van der Waals surface area contributed by atoms with E-state index in [1.54, 1.807) is 24.3 Å². The Morgan fingerprint density at radius 2 is 1.93 bits per heavy atom. The third-order valence-corrected chi connectivity index (χ3v) is 4.60. The summed E-state index contributed by atoms with van der Waals surface area (Å²) in [4.78, 5) is 1.24. The van der Waals surface area contributed by atoms with E-state index in [1.165, 1.54) is 27.9 Å². The Bertz CT molecular complexity index is 1010. The van der Waals surface area contributed by atoms with Crippen molar-refractivity contribution in [3.8, 4) is 17.1 Å². The minimum Gasteiger partial charge on any atom is -0.872 e. The Balaban J connectivity index is 1.92. The number of benzene rings is 2. The highest BCUT2D eigenvalue weighted by atomic mass is 32.1. The first kappa shape index (κ1) is 18.9. The first-order chi connectivity index (χ1) is 13.0. The minimum atomic E-state index is -0.339. The van der Waals surface area contributed by atoms with Crippen LogP contribution in [0.4, 0.5) is 10.1 Å². The van der Waals surface area contributed by atoms with Gasteiger partial charge in [0.2, 0.25) is 4.77 Å². The van der Waals surface area contributed by atoms with Gasteiger partial charge < -0.3 is 10.0 Å². The molecule has 3 rings (SSSR count). The van der Waals surface area contributed by atoms with Crippen LogP contribution in [0.1, 0.15) is 19.4 Å². The van der Waals surface area contributed by atoms with Crippen molar-refractivity contribution in [2.75, 3.05) is 13.1 Å². The zero-order chi connectivity index (χ0) is 19.4. The molecule has 0 atom stereocenters. The normalized spacial score (nSPS) is 11.6. The van der Waals surface area contributed by atoms with Gasteiger partial charge in [0.15, 0.2) is 5.82 Å². The summed E-state index contributed by atoms with van der Waals surface area (Å²) in [7, 11) is 0. The molecule has 2 N–H and O–H groups in total. The lowest BCUT2D eigenvalue weighted by Crippen LogP contribution is -3.06.